The number of thiophene rings is 1. The summed E-state index contributed by atoms with van der Waals surface area (Å²) in [4.78, 5) is 13.0. The zero-order chi connectivity index (χ0) is 19.2. The first-order chi connectivity index (χ1) is 12.6. The summed E-state index contributed by atoms with van der Waals surface area (Å²) in [5.74, 6) is 0. The van der Waals surface area contributed by atoms with Crippen LogP contribution in [0.2, 0.25) is 0 Å². The highest BCUT2D eigenvalue weighted by Gasteiger charge is 2.16. The Morgan fingerprint density at radius 1 is 1.12 bits per heavy atom. The summed E-state index contributed by atoms with van der Waals surface area (Å²) >= 11 is 1.60. The van der Waals surface area contributed by atoms with Gasteiger partial charge in [-0.1, -0.05) is 19.9 Å². The van der Waals surface area contributed by atoms with Gasteiger partial charge < -0.3 is 24.3 Å². The van der Waals surface area contributed by atoms with Crippen LogP contribution >= 0.6 is 11.3 Å². The van der Waals surface area contributed by atoms with Crippen LogP contribution in [0.15, 0.2) is 17.5 Å². The summed E-state index contributed by atoms with van der Waals surface area (Å²) in [6.45, 7) is 10.6. The second-order valence-electron chi connectivity index (χ2n) is 6.04. The number of nitrogens with one attached hydrogen (secondary N) is 1. The molecular weight excluding hydrogens is 354 g/mol. The molecule has 3 unspecified atom stereocenters. The highest BCUT2D eigenvalue weighted by Crippen LogP contribution is 2.09. The van der Waals surface area contributed by atoms with Crippen LogP contribution in [0.25, 0.3) is 0 Å². The van der Waals surface area contributed by atoms with E-state index in [2.05, 4.69) is 12.2 Å². The monoisotopic (exact) mass is 387 g/mol. The molecule has 0 radical (unpaired) electrons. The van der Waals surface area contributed by atoms with Crippen molar-refractivity contribution in [2.75, 3.05) is 26.4 Å². The molecule has 0 aromatic carbocycles. The summed E-state index contributed by atoms with van der Waals surface area (Å²) in [5, 5.41) is 4.75. The maximum atomic E-state index is 11.9. The third-order valence-corrected chi connectivity index (χ3v) is 4.69. The molecule has 1 heterocycles. The lowest BCUT2D eigenvalue weighted by molar-refractivity contribution is -0.0796. The topological polar surface area (TPSA) is 66.0 Å². The smallest absolute Gasteiger partial charge is 0.407 e. The van der Waals surface area contributed by atoms with Gasteiger partial charge in [-0.25, -0.2) is 4.79 Å². The van der Waals surface area contributed by atoms with Crippen molar-refractivity contribution in [1.29, 1.82) is 0 Å². The lowest BCUT2D eigenvalue weighted by Gasteiger charge is -2.22. The molecule has 0 spiro atoms. The maximum absolute atomic E-state index is 11.9. The molecule has 1 N–H and O–H groups in total. The zero-order valence-electron chi connectivity index (χ0n) is 16.4. The summed E-state index contributed by atoms with van der Waals surface area (Å²) < 4.78 is 22.4. The molecule has 0 aliphatic heterocycles. The first-order valence-electron chi connectivity index (χ1n) is 9.36. The van der Waals surface area contributed by atoms with Crippen molar-refractivity contribution in [3.63, 3.8) is 0 Å². The van der Waals surface area contributed by atoms with E-state index < -0.39 is 6.09 Å². The molecule has 0 fully saturated rings. The van der Waals surface area contributed by atoms with Crippen LogP contribution in [0.1, 0.15) is 45.4 Å². The van der Waals surface area contributed by atoms with Crippen LogP contribution in [0.5, 0.6) is 0 Å². The van der Waals surface area contributed by atoms with Crippen LogP contribution in [0, 0.1) is 0 Å². The van der Waals surface area contributed by atoms with Crippen LogP contribution in [0.4, 0.5) is 4.79 Å². The van der Waals surface area contributed by atoms with Gasteiger partial charge in [0, 0.05) is 11.5 Å². The minimum absolute atomic E-state index is 0.0223. The Balaban J connectivity index is 2.25. The van der Waals surface area contributed by atoms with Crippen molar-refractivity contribution >= 4 is 17.4 Å². The van der Waals surface area contributed by atoms with Gasteiger partial charge in [0.1, 0.15) is 6.10 Å². The van der Waals surface area contributed by atoms with E-state index in [4.69, 9.17) is 18.9 Å². The number of amides is 1. The van der Waals surface area contributed by atoms with Gasteiger partial charge in [0.05, 0.1) is 38.6 Å². The number of ether oxygens (including phenoxy) is 4. The number of carbonyl (C=O) groups excluding carboxylic acids is 1. The number of carbonyl (C=O) groups is 1. The molecule has 0 bridgehead atoms. The fraction of sp³-hybridized carbons (Fsp3) is 0.737. The van der Waals surface area contributed by atoms with Gasteiger partial charge in [0.25, 0.3) is 0 Å². The van der Waals surface area contributed by atoms with Crippen LogP contribution in [-0.2, 0) is 25.5 Å². The van der Waals surface area contributed by atoms with Gasteiger partial charge in [-0.05, 0) is 38.1 Å². The predicted molar refractivity (Wildman–Crippen MR) is 104 cm³/mol. The Labute approximate surface area is 161 Å². The Morgan fingerprint density at radius 3 is 2.46 bits per heavy atom. The molecule has 1 aromatic rings. The Bertz CT molecular complexity index is 469. The highest BCUT2D eigenvalue weighted by atomic mass is 32.1. The van der Waals surface area contributed by atoms with E-state index in [0.717, 1.165) is 11.3 Å². The lowest BCUT2D eigenvalue weighted by atomic mass is 10.2. The summed E-state index contributed by atoms with van der Waals surface area (Å²) in [6.07, 6.45) is 0.865. The molecular formula is C19H33NO5S. The van der Waals surface area contributed by atoms with Crippen LogP contribution < -0.4 is 5.32 Å². The average molecular weight is 388 g/mol. The maximum Gasteiger partial charge on any atom is 0.407 e. The van der Waals surface area contributed by atoms with Gasteiger partial charge in [-0.2, -0.15) is 0 Å². The fourth-order valence-corrected chi connectivity index (χ4v) is 2.78. The molecule has 1 aromatic heterocycles. The Morgan fingerprint density at radius 2 is 1.85 bits per heavy atom. The number of hydrogen-bond acceptors (Lipinski definition) is 6. The minimum atomic E-state index is -0.413. The Hall–Kier alpha value is -1.15. The average Bonchev–Trinajstić information content (AvgIpc) is 3.17. The zero-order valence-corrected chi connectivity index (χ0v) is 17.2. The van der Waals surface area contributed by atoms with E-state index in [0.29, 0.717) is 39.4 Å². The molecule has 6 nitrogen and oxygen atoms in total. The van der Waals surface area contributed by atoms with E-state index in [1.165, 1.54) is 0 Å². The van der Waals surface area contributed by atoms with E-state index >= 15 is 0 Å². The molecule has 1 amide bonds. The van der Waals surface area contributed by atoms with Crippen molar-refractivity contribution in [2.45, 2.75) is 65.4 Å². The molecule has 0 aliphatic rings. The molecule has 150 valence electrons. The molecule has 1 rings (SSSR count). The van der Waals surface area contributed by atoms with Gasteiger partial charge in [-0.15, -0.1) is 11.3 Å². The largest absolute Gasteiger partial charge is 0.444 e. The predicted octanol–water partition coefficient (Wildman–Crippen LogP) is 3.99. The molecule has 0 aliphatic carbocycles. The quantitative estimate of drug-likeness (QED) is 0.523. The van der Waals surface area contributed by atoms with Gasteiger partial charge in [0.2, 0.25) is 0 Å². The Kier molecular flexibility index (Phi) is 12.3. The lowest BCUT2D eigenvalue weighted by Crippen LogP contribution is -2.33. The molecule has 0 saturated carbocycles. The number of rotatable bonds is 14. The van der Waals surface area contributed by atoms with Crippen LogP contribution in [-0.4, -0.2) is 50.8 Å². The number of alkyl carbamates (subject to hydrolysis) is 1. The van der Waals surface area contributed by atoms with E-state index in [1.54, 1.807) is 11.3 Å². The van der Waals surface area contributed by atoms with Crippen LogP contribution in [0.3, 0.4) is 0 Å². The second kappa shape index (κ2) is 14.0. The second-order valence-corrected chi connectivity index (χ2v) is 7.07. The van der Waals surface area contributed by atoms with Crippen molar-refractivity contribution in [1.82, 2.24) is 5.32 Å². The van der Waals surface area contributed by atoms with E-state index in [9.17, 15) is 4.79 Å². The van der Waals surface area contributed by atoms with Gasteiger partial charge >= 0.3 is 6.09 Å². The van der Waals surface area contributed by atoms with E-state index in [1.807, 2.05) is 38.3 Å². The van der Waals surface area contributed by atoms with Crippen molar-refractivity contribution in [3.8, 4) is 0 Å². The van der Waals surface area contributed by atoms with Gasteiger partial charge in [0.15, 0.2) is 0 Å². The minimum Gasteiger partial charge on any atom is -0.444 e. The van der Waals surface area contributed by atoms with Gasteiger partial charge in [-0.3, -0.25) is 0 Å². The normalized spacial score (nSPS) is 14.6. The third-order valence-electron chi connectivity index (χ3n) is 3.81. The summed E-state index contributed by atoms with van der Waals surface area (Å²) in [5.41, 5.74) is 0. The first kappa shape index (κ1) is 22.9. The standard InChI is InChI=1S/C19H33NO5S/c1-5-16(13-23-15(4)12-22-7-3)24-14-17(6-2)25-19(21)20-11-18-9-8-10-26-18/h8-10,15-17H,5-7,11-14H2,1-4H3,(H,20,21). The summed E-state index contributed by atoms with van der Waals surface area (Å²) in [6, 6.07) is 3.93. The highest BCUT2D eigenvalue weighted by molar-refractivity contribution is 7.09. The van der Waals surface area contributed by atoms with Crippen molar-refractivity contribution in [3.05, 3.63) is 22.4 Å². The third kappa shape index (κ3) is 10.1. The summed E-state index contributed by atoms with van der Waals surface area (Å²) in [7, 11) is 0. The molecule has 0 saturated heterocycles. The molecule has 26 heavy (non-hydrogen) atoms. The van der Waals surface area contributed by atoms with Crippen molar-refractivity contribution < 1.29 is 23.7 Å². The number of hydrogen-bond donors (Lipinski definition) is 1. The first-order valence-corrected chi connectivity index (χ1v) is 10.2. The molecule has 7 heteroatoms. The molecule has 3 atom stereocenters. The van der Waals surface area contributed by atoms with E-state index in [-0.39, 0.29) is 18.3 Å². The fourth-order valence-electron chi connectivity index (χ4n) is 2.13. The SMILES string of the molecule is CCOCC(C)OCC(CC)OCC(CC)OC(=O)NCc1cccs1. The van der Waals surface area contributed by atoms with Crippen molar-refractivity contribution in [2.24, 2.45) is 0 Å².